The first-order valence-corrected chi connectivity index (χ1v) is 6.41. The van der Waals surface area contributed by atoms with Crippen LogP contribution in [0.15, 0.2) is 42.5 Å². The van der Waals surface area contributed by atoms with Crippen molar-refractivity contribution in [2.24, 2.45) is 5.84 Å². The van der Waals surface area contributed by atoms with E-state index >= 15 is 0 Å². The van der Waals surface area contributed by atoms with E-state index in [4.69, 9.17) is 5.84 Å². The van der Waals surface area contributed by atoms with Crippen LogP contribution in [-0.2, 0) is 0 Å². The Hall–Kier alpha value is -2.40. The number of aryl methyl sites for hydroxylation is 1. The molecule has 5 nitrogen and oxygen atoms in total. The lowest BCUT2D eigenvalue weighted by Gasteiger charge is -2.15. The van der Waals surface area contributed by atoms with Gasteiger partial charge < -0.3 is 10.7 Å². The number of hydrogen-bond acceptors (Lipinski definition) is 4. The molecule has 0 bridgehead atoms. The van der Waals surface area contributed by atoms with Crippen molar-refractivity contribution in [2.45, 2.75) is 19.9 Å². The molecule has 0 spiro atoms. The number of aromatic nitrogens is 1. The predicted molar refractivity (Wildman–Crippen MR) is 79.1 cm³/mol. The van der Waals surface area contributed by atoms with Gasteiger partial charge in [-0.15, -0.1) is 0 Å². The fourth-order valence-electron chi connectivity index (χ4n) is 1.98. The summed E-state index contributed by atoms with van der Waals surface area (Å²) in [5, 5.41) is 2.96. The molecule has 0 radical (unpaired) electrons. The van der Waals surface area contributed by atoms with Crippen LogP contribution in [0, 0.1) is 6.92 Å². The van der Waals surface area contributed by atoms with Gasteiger partial charge >= 0.3 is 0 Å². The van der Waals surface area contributed by atoms with Crippen LogP contribution < -0.4 is 16.6 Å². The van der Waals surface area contributed by atoms with Crippen molar-refractivity contribution < 1.29 is 4.79 Å². The van der Waals surface area contributed by atoms with Crippen molar-refractivity contribution in [2.75, 3.05) is 5.43 Å². The minimum Gasteiger partial charge on any atom is -0.346 e. The Morgan fingerprint density at radius 1 is 1.25 bits per heavy atom. The Morgan fingerprint density at radius 2 is 1.95 bits per heavy atom. The van der Waals surface area contributed by atoms with E-state index in [0.29, 0.717) is 11.4 Å². The molecule has 4 N–H and O–H groups in total. The largest absolute Gasteiger partial charge is 0.346 e. The summed E-state index contributed by atoms with van der Waals surface area (Å²) in [5.74, 6) is 5.66. The SMILES string of the molecule is Cc1cc(C(=O)NC(C)c2ccccc2)cc(NN)n1. The van der Waals surface area contributed by atoms with Gasteiger partial charge in [-0.3, -0.25) is 4.79 Å². The minimum atomic E-state index is -0.150. The van der Waals surface area contributed by atoms with Gasteiger partial charge in [0.05, 0.1) is 6.04 Å². The second-order valence-corrected chi connectivity index (χ2v) is 4.63. The highest BCUT2D eigenvalue weighted by atomic mass is 16.1. The quantitative estimate of drug-likeness (QED) is 0.587. The predicted octanol–water partition coefficient (Wildman–Crippen LogP) is 2.17. The molecule has 1 heterocycles. The molecule has 20 heavy (non-hydrogen) atoms. The molecular weight excluding hydrogens is 252 g/mol. The molecule has 0 aliphatic heterocycles. The molecule has 1 unspecified atom stereocenters. The highest BCUT2D eigenvalue weighted by Crippen LogP contribution is 2.14. The summed E-state index contributed by atoms with van der Waals surface area (Å²) in [6, 6.07) is 13.1. The van der Waals surface area contributed by atoms with Crippen molar-refractivity contribution in [1.29, 1.82) is 0 Å². The van der Waals surface area contributed by atoms with E-state index in [1.165, 1.54) is 0 Å². The van der Waals surface area contributed by atoms with E-state index in [9.17, 15) is 4.79 Å². The van der Waals surface area contributed by atoms with Gasteiger partial charge in [0, 0.05) is 11.3 Å². The Labute approximate surface area is 118 Å². The van der Waals surface area contributed by atoms with Gasteiger partial charge in [-0.05, 0) is 31.5 Å². The lowest BCUT2D eigenvalue weighted by molar-refractivity contribution is 0.0939. The van der Waals surface area contributed by atoms with Gasteiger partial charge in [0.2, 0.25) is 0 Å². The maximum atomic E-state index is 12.2. The Kier molecular flexibility index (Phi) is 4.32. The zero-order valence-electron chi connectivity index (χ0n) is 11.6. The second-order valence-electron chi connectivity index (χ2n) is 4.63. The topological polar surface area (TPSA) is 80.0 Å². The van der Waals surface area contributed by atoms with Crippen LogP contribution in [0.5, 0.6) is 0 Å². The Balaban J connectivity index is 2.14. The number of carbonyl (C=O) groups excluding carboxylic acids is 1. The molecule has 0 saturated carbocycles. The molecule has 0 aliphatic carbocycles. The summed E-state index contributed by atoms with van der Waals surface area (Å²) >= 11 is 0. The highest BCUT2D eigenvalue weighted by Gasteiger charge is 2.12. The number of hydrogen-bond donors (Lipinski definition) is 3. The van der Waals surface area contributed by atoms with Crippen LogP contribution in [0.3, 0.4) is 0 Å². The van der Waals surface area contributed by atoms with Crippen LogP contribution in [0.1, 0.15) is 34.6 Å². The molecule has 1 atom stereocenters. The van der Waals surface area contributed by atoms with Crippen molar-refractivity contribution >= 4 is 11.7 Å². The minimum absolute atomic E-state index is 0.0635. The number of rotatable bonds is 4. The smallest absolute Gasteiger partial charge is 0.251 e. The molecular formula is C15H18N4O. The number of benzene rings is 1. The number of amides is 1. The summed E-state index contributed by atoms with van der Waals surface area (Å²) in [6.07, 6.45) is 0. The summed E-state index contributed by atoms with van der Waals surface area (Å²) < 4.78 is 0. The van der Waals surface area contributed by atoms with E-state index in [-0.39, 0.29) is 11.9 Å². The van der Waals surface area contributed by atoms with Crippen LogP contribution in [-0.4, -0.2) is 10.9 Å². The Bertz CT molecular complexity index is 598. The van der Waals surface area contributed by atoms with Crippen molar-refractivity contribution in [3.8, 4) is 0 Å². The molecule has 2 rings (SSSR count). The van der Waals surface area contributed by atoms with E-state index in [1.807, 2.05) is 44.2 Å². The first kappa shape index (κ1) is 14.0. The van der Waals surface area contributed by atoms with Gasteiger partial charge in [0.25, 0.3) is 5.91 Å². The van der Waals surface area contributed by atoms with Gasteiger partial charge in [0.15, 0.2) is 0 Å². The monoisotopic (exact) mass is 270 g/mol. The number of anilines is 1. The maximum absolute atomic E-state index is 12.2. The molecule has 1 amide bonds. The van der Waals surface area contributed by atoms with Crippen LogP contribution in [0.25, 0.3) is 0 Å². The summed E-state index contributed by atoms with van der Waals surface area (Å²) in [5.41, 5.74) is 4.79. The van der Waals surface area contributed by atoms with E-state index in [0.717, 1.165) is 11.3 Å². The zero-order valence-corrected chi connectivity index (χ0v) is 11.6. The number of hydrazine groups is 1. The van der Waals surface area contributed by atoms with Crippen LogP contribution in [0.4, 0.5) is 5.82 Å². The number of carbonyl (C=O) groups is 1. The van der Waals surface area contributed by atoms with Gasteiger partial charge in [-0.2, -0.15) is 0 Å². The van der Waals surface area contributed by atoms with Crippen LogP contribution >= 0.6 is 0 Å². The van der Waals surface area contributed by atoms with Gasteiger partial charge in [-0.25, -0.2) is 10.8 Å². The number of nitrogens with zero attached hydrogens (tertiary/aromatic N) is 1. The molecule has 0 saturated heterocycles. The standard InChI is InChI=1S/C15H18N4O/c1-10-8-13(9-14(17-10)19-16)15(20)18-11(2)12-6-4-3-5-7-12/h3-9,11H,16H2,1-2H3,(H,17,19)(H,18,20). The molecule has 0 aliphatic rings. The third-order valence-electron chi connectivity index (χ3n) is 3.01. The molecule has 1 aromatic carbocycles. The lowest BCUT2D eigenvalue weighted by atomic mass is 10.1. The first-order chi connectivity index (χ1) is 9.60. The lowest BCUT2D eigenvalue weighted by Crippen LogP contribution is -2.27. The normalized spacial score (nSPS) is 11.8. The van der Waals surface area contributed by atoms with Crippen LogP contribution in [0.2, 0.25) is 0 Å². The molecule has 2 aromatic rings. The fraction of sp³-hybridized carbons (Fsp3) is 0.200. The first-order valence-electron chi connectivity index (χ1n) is 6.41. The van der Waals surface area contributed by atoms with Gasteiger partial charge in [0.1, 0.15) is 5.82 Å². The average molecular weight is 270 g/mol. The molecule has 5 heteroatoms. The molecule has 104 valence electrons. The van der Waals surface area contributed by atoms with Crippen molar-refractivity contribution in [3.63, 3.8) is 0 Å². The molecule has 1 aromatic heterocycles. The van der Waals surface area contributed by atoms with E-state index in [2.05, 4.69) is 15.7 Å². The zero-order chi connectivity index (χ0) is 14.5. The number of nitrogens with two attached hydrogens (primary N) is 1. The van der Waals surface area contributed by atoms with Crippen molar-refractivity contribution in [3.05, 3.63) is 59.3 Å². The number of pyridine rings is 1. The van der Waals surface area contributed by atoms with E-state index < -0.39 is 0 Å². The van der Waals surface area contributed by atoms with Gasteiger partial charge in [-0.1, -0.05) is 30.3 Å². The fourth-order valence-corrected chi connectivity index (χ4v) is 1.98. The summed E-state index contributed by atoms with van der Waals surface area (Å²) in [7, 11) is 0. The number of nitrogen functional groups attached to an aromatic ring is 1. The number of nitrogens with one attached hydrogen (secondary N) is 2. The van der Waals surface area contributed by atoms with E-state index in [1.54, 1.807) is 12.1 Å². The molecule has 0 fully saturated rings. The Morgan fingerprint density at radius 3 is 2.60 bits per heavy atom. The summed E-state index contributed by atoms with van der Waals surface area (Å²) in [6.45, 7) is 3.77. The van der Waals surface area contributed by atoms with Crippen molar-refractivity contribution in [1.82, 2.24) is 10.3 Å². The second kappa shape index (κ2) is 6.16. The maximum Gasteiger partial charge on any atom is 0.251 e. The summed E-state index contributed by atoms with van der Waals surface area (Å²) in [4.78, 5) is 16.4. The third kappa shape index (κ3) is 3.33. The third-order valence-corrected chi connectivity index (χ3v) is 3.01. The average Bonchev–Trinajstić information content (AvgIpc) is 2.47. The highest BCUT2D eigenvalue weighted by molar-refractivity contribution is 5.95.